The molecule has 2 heterocycles. The number of fused-ring (bicyclic) bond motifs is 3. The molecule has 290 valence electrons. The van der Waals surface area contributed by atoms with Crippen molar-refractivity contribution in [3.8, 4) is 91.2 Å². The van der Waals surface area contributed by atoms with Crippen molar-refractivity contribution in [3.63, 3.8) is 0 Å². The predicted molar refractivity (Wildman–Crippen MR) is 249 cm³/mol. The summed E-state index contributed by atoms with van der Waals surface area (Å²) >= 11 is 0. The van der Waals surface area contributed by atoms with Crippen LogP contribution in [0.3, 0.4) is 0 Å². The van der Waals surface area contributed by atoms with Gasteiger partial charge in [-0.05, 0) is 71.8 Å². The molecule has 2 aromatic heterocycles. The van der Waals surface area contributed by atoms with E-state index in [1.807, 2.05) is 140 Å². The minimum Gasteiger partial charge on any atom is -0.308 e. The standard InChI is InChI=1S/C56H31N7/c1-60-52-28-36(33-57)24-26-45(52)39-25-27-54-47(29-39)46-22-12-13-23-53(46)63(54)55-48(43-20-10-8-18-40(43)34-58)30-42(31-49(55)44-21-11-9-19-41(44)35-59)56-61-50(37-14-4-2-5-15-37)32-51(62-56)38-16-6-3-7-17-38/h2-32H. The lowest BCUT2D eigenvalue weighted by atomic mass is 9.89. The van der Waals surface area contributed by atoms with E-state index < -0.39 is 0 Å². The topological polar surface area (TPSA) is 106 Å². The van der Waals surface area contributed by atoms with E-state index in [9.17, 15) is 15.8 Å². The summed E-state index contributed by atoms with van der Waals surface area (Å²) in [7, 11) is 0. The zero-order valence-electron chi connectivity index (χ0n) is 33.5. The lowest BCUT2D eigenvalue weighted by molar-refractivity contribution is 1.16. The number of para-hydroxylation sites is 1. The first kappa shape index (κ1) is 37.8. The van der Waals surface area contributed by atoms with E-state index in [0.717, 1.165) is 72.3 Å². The second kappa shape index (κ2) is 16.0. The average Bonchev–Trinajstić information content (AvgIpc) is 3.69. The number of aromatic nitrogens is 3. The highest BCUT2D eigenvalue weighted by Crippen LogP contribution is 2.46. The molecular weight excluding hydrogens is 771 g/mol. The van der Waals surface area contributed by atoms with E-state index in [0.29, 0.717) is 44.9 Å². The van der Waals surface area contributed by atoms with E-state index in [1.54, 1.807) is 12.1 Å². The highest BCUT2D eigenvalue weighted by atomic mass is 15.0. The first-order valence-corrected chi connectivity index (χ1v) is 20.2. The van der Waals surface area contributed by atoms with Crippen LogP contribution in [-0.4, -0.2) is 14.5 Å². The SMILES string of the molecule is [C-]#[N+]c1cc(C#N)ccc1-c1ccc2c(c1)c1ccccc1n2-c1c(-c2ccccc2C#N)cc(-c2nc(-c3ccccc3)cc(-c3ccccc3)n2)cc1-c1ccccc1C#N. The Morgan fingerprint density at radius 2 is 0.984 bits per heavy atom. The number of hydrogen-bond acceptors (Lipinski definition) is 5. The van der Waals surface area contributed by atoms with Gasteiger partial charge in [0.1, 0.15) is 0 Å². The number of hydrogen-bond donors (Lipinski definition) is 0. The molecule has 0 spiro atoms. The van der Waals surface area contributed by atoms with Crippen molar-refractivity contribution in [2.45, 2.75) is 0 Å². The molecule has 0 aliphatic rings. The van der Waals surface area contributed by atoms with Gasteiger partial charge >= 0.3 is 0 Å². The van der Waals surface area contributed by atoms with Crippen LogP contribution in [0.1, 0.15) is 16.7 Å². The maximum absolute atomic E-state index is 10.7. The zero-order valence-corrected chi connectivity index (χ0v) is 33.5. The number of nitriles is 3. The van der Waals surface area contributed by atoms with E-state index in [-0.39, 0.29) is 0 Å². The largest absolute Gasteiger partial charge is 0.308 e. The van der Waals surface area contributed by atoms with Crippen molar-refractivity contribution in [1.82, 2.24) is 14.5 Å². The Kier molecular flexibility index (Phi) is 9.60. The van der Waals surface area contributed by atoms with Crippen molar-refractivity contribution >= 4 is 27.5 Å². The van der Waals surface area contributed by atoms with Gasteiger partial charge in [0.25, 0.3) is 0 Å². The highest BCUT2D eigenvalue weighted by molar-refractivity contribution is 6.12. The summed E-state index contributed by atoms with van der Waals surface area (Å²) in [5.74, 6) is 0.484. The number of benzene rings is 8. The minimum atomic E-state index is 0.396. The van der Waals surface area contributed by atoms with E-state index >= 15 is 0 Å². The lowest BCUT2D eigenvalue weighted by Crippen LogP contribution is -2.04. The molecule has 7 heteroatoms. The number of rotatable bonds is 7. The van der Waals surface area contributed by atoms with Crippen molar-refractivity contribution in [2.75, 3.05) is 0 Å². The van der Waals surface area contributed by atoms with Crippen LogP contribution in [0.15, 0.2) is 188 Å². The third-order valence-electron chi connectivity index (χ3n) is 11.4. The summed E-state index contributed by atoms with van der Waals surface area (Å²) < 4.78 is 2.22. The van der Waals surface area contributed by atoms with Gasteiger partial charge in [0.05, 0.1) is 64.0 Å². The Morgan fingerprint density at radius 1 is 0.429 bits per heavy atom. The fourth-order valence-electron chi connectivity index (χ4n) is 8.46. The molecule has 0 saturated heterocycles. The molecule has 10 rings (SSSR count). The van der Waals surface area contributed by atoms with Gasteiger partial charge in [0.15, 0.2) is 11.5 Å². The van der Waals surface area contributed by atoms with Crippen molar-refractivity contribution in [1.29, 1.82) is 15.8 Å². The molecule has 0 N–H and O–H groups in total. The van der Waals surface area contributed by atoms with Crippen molar-refractivity contribution < 1.29 is 0 Å². The Balaban J connectivity index is 1.34. The smallest absolute Gasteiger partial charge is 0.196 e. The Hall–Kier alpha value is -9.40. The zero-order chi connectivity index (χ0) is 42.9. The monoisotopic (exact) mass is 801 g/mol. The first-order chi connectivity index (χ1) is 31.1. The van der Waals surface area contributed by atoms with Crippen LogP contribution < -0.4 is 0 Å². The maximum atomic E-state index is 10.7. The quantitative estimate of drug-likeness (QED) is 0.149. The lowest BCUT2D eigenvalue weighted by Gasteiger charge is -2.22. The molecular formula is C56H31N7. The fourth-order valence-corrected chi connectivity index (χ4v) is 8.46. The molecule has 0 radical (unpaired) electrons. The maximum Gasteiger partial charge on any atom is 0.196 e. The van der Waals surface area contributed by atoms with Gasteiger partial charge in [0.2, 0.25) is 0 Å². The van der Waals surface area contributed by atoms with E-state index in [1.165, 1.54) is 0 Å². The van der Waals surface area contributed by atoms with Gasteiger partial charge in [0, 0.05) is 55.3 Å². The molecule has 8 aromatic carbocycles. The molecule has 0 amide bonds. The molecule has 0 bridgehead atoms. The highest BCUT2D eigenvalue weighted by Gasteiger charge is 2.25. The Bertz CT molecular complexity index is 3480. The van der Waals surface area contributed by atoms with Crippen LogP contribution in [0.4, 0.5) is 5.69 Å². The van der Waals surface area contributed by atoms with Crippen molar-refractivity contribution in [3.05, 3.63) is 216 Å². The minimum absolute atomic E-state index is 0.396. The molecule has 0 unspecified atom stereocenters. The number of nitrogens with zero attached hydrogens (tertiary/aromatic N) is 7. The van der Waals surface area contributed by atoms with Crippen LogP contribution in [0, 0.1) is 40.6 Å². The molecule has 7 nitrogen and oxygen atoms in total. The molecule has 0 atom stereocenters. The van der Waals surface area contributed by atoms with Gasteiger partial charge in [-0.25, -0.2) is 14.8 Å². The second-order valence-corrected chi connectivity index (χ2v) is 15.0. The molecule has 10 aromatic rings. The Labute approximate surface area is 363 Å². The summed E-state index contributed by atoms with van der Waals surface area (Å²) in [6, 6.07) is 67.9. The van der Waals surface area contributed by atoms with Gasteiger partial charge in [-0.3, -0.25) is 0 Å². The fraction of sp³-hybridized carbons (Fsp3) is 0. The molecule has 0 fully saturated rings. The first-order valence-electron chi connectivity index (χ1n) is 20.2. The predicted octanol–water partition coefficient (Wildman–Crippen LogP) is 13.7. The second-order valence-electron chi connectivity index (χ2n) is 15.0. The van der Waals surface area contributed by atoms with Crippen LogP contribution >= 0.6 is 0 Å². The van der Waals surface area contributed by atoms with E-state index in [4.69, 9.17) is 16.5 Å². The molecule has 63 heavy (non-hydrogen) atoms. The van der Waals surface area contributed by atoms with Crippen molar-refractivity contribution in [2.24, 2.45) is 0 Å². The average molecular weight is 802 g/mol. The summed E-state index contributed by atoms with van der Waals surface area (Å²) in [4.78, 5) is 14.2. The Morgan fingerprint density at radius 3 is 1.57 bits per heavy atom. The van der Waals surface area contributed by atoms with Crippen LogP contribution in [0.25, 0.3) is 99.6 Å². The summed E-state index contributed by atoms with van der Waals surface area (Å²) in [5, 5.41) is 32.8. The molecule has 0 saturated carbocycles. The normalized spacial score (nSPS) is 10.8. The van der Waals surface area contributed by atoms with Crippen LogP contribution in [0.5, 0.6) is 0 Å². The van der Waals surface area contributed by atoms with Crippen LogP contribution in [-0.2, 0) is 0 Å². The molecule has 0 aliphatic heterocycles. The third kappa shape index (κ3) is 6.72. The van der Waals surface area contributed by atoms with E-state index in [2.05, 4.69) is 64.0 Å². The van der Waals surface area contributed by atoms with Gasteiger partial charge in [-0.2, -0.15) is 15.8 Å². The van der Waals surface area contributed by atoms with Gasteiger partial charge < -0.3 is 4.57 Å². The third-order valence-corrected chi connectivity index (χ3v) is 11.4. The van der Waals surface area contributed by atoms with Gasteiger partial charge in [-0.1, -0.05) is 127 Å². The summed E-state index contributed by atoms with van der Waals surface area (Å²) in [6.07, 6.45) is 0. The molecule has 0 aliphatic carbocycles. The van der Waals surface area contributed by atoms with Crippen LogP contribution in [0.2, 0.25) is 0 Å². The summed E-state index contributed by atoms with van der Waals surface area (Å²) in [5.41, 5.74) is 12.9. The summed E-state index contributed by atoms with van der Waals surface area (Å²) in [6.45, 7) is 7.94. The van der Waals surface area contributed by atoms with Gasteiger partial charge in [-0.15, -0.1) is 0 Å².